The van der Waals surface area contributed by atoms with Crippen LogP contribution in [0.3, 0.4) is 0 Å². The van der Waals surface area contributed by atoms with Gasteiger partial charge in [-0.3, -0.25) is 4.79 Å². The third-order valence-electron chi connectivity index (χ3n) is 3.61. The summed E-state index contributed by atoms with van der Waals surface area (Å²) in [6.07, 6.45) is 1.76. The fourth-order valence-electron chi connectivity index (χ4n) is 2.38. The van der Waals surface area contributed by atoms with Gasteiger partial charge in [-0.25, -0.2) is 4.79 Å². The van der Waals surface area contributed by atoms with Crippen LogP contribution < -0.4 is 10.1 Å². The Labute approximate surface area is 160 Å². The molecule has 5 nitrogen and oxygen atoms in total. The minimum atomic E-state index is -0.400. The van der Waals surface area contributed by atoms with Gasteiger partial charge < -0.3 is 14.8 Å². The van der Waals surface area contributed by atoms with Crippen LogP contribution in [0.4, 0.5) is 0 Å². The number of thiocarbonyl (C=S) groups is 1. The van der Waals surface area contributed by atoms with Crippen LogP contribution in [0.25, 0.3) is 6.08 Å². The molecule has 7 heteroatoms. The number of methoxy groups -OCH3 is 1. The lowest BCUT2D eigenvalue weighted by atomic mass is 10.1. The fourth-order valence-corrected chi connectivity index (χ4v) is 3.43. The van der Waals surface area contributed by atoms with Gasteiger partial charge in [0.15, 0.2) is 0 Å². The molecule has 1 aliphatic rings. The van der Waals surface area contributed by atoms with Crippen molar-refractivity contribution >= 4 is 46.3 Å². The Hall–Kier alpha value is -2.64. The molecular weight excluding hydrogens is 370 g/mol. The largest absolute Gasteiger partial charge is 0.489 e. The highest BCUT2D eigenvalue weighted by atomic mass is 32.2. The number of thioether (sulfide) groups is 1. The molecule has 0 saturated carbocycles. The quantitative estimate of drug-likeness (QED) is 0.483. The van der Waals surface area contributed by atoms with Crippen molar-refractivity contribution in [3.63, 3.8) is 0 Å². The Kier molecular flexibility index (Phi) is 5.70. The normalized spacial score (nSPS) is 15.0. The van der Waals surface area contributed by atoms with Gasteiger partial charge in [-0.15, -0.1) is 0 Å². The van der Waals surface area contributed by atoms with Crippen LogP contribution in [0.15, 0.2) is 53.4 Å². The molecule has 2 aromatic carbocycles. The molecule has 1 amide bonds. The first-order valence-electron chi connectivity index (χ1n) is 7.71. The van der Waals surface area contributed by atoms with E-state index in [0.717, 1.165) is 11.1 Å². The van der Waals surface area contributed by atoms with Gasteiger partial charge in [0.25, 0.3) is 5.91 Å². The smallest absolute Gasteiger partial charge is 0.338 e. The highest BCUT2D eigenvalue weighted by Crippen LogP contribution is 2.27. The lowest BCUT2D eigenvalue weighted by Crippen LogP contribution is -2.17. The minimum Gasteiger partial charge on any atom is -0.489 e. The third-order valence-corrected chi connectivity index (χ3v) is 4.78. The van der Waals surface area contributed by atoms with Crippen LogP contribution >= 0.6 is 24.0 Å². The van der Waals surface area contributed by atoms with Crippen LogP contribution in [0.2, 0.25) is 0 Å². The molecule has 1 heterocycles. The number of benzene rings is 2. The number of rotatable bonds is 5. The van der Waals surface area contributed by atoms with Crippen molar-refractivity contribution in [1.29, 1.82) is 0 Å². The molecule has 1 N–H and O–H groups in total. The summed E-state index contributed by atoms with van der Waals surface area (Å²) in [6, 6.07) is 14.5. The number of amides is 1. The molecule has 1 fully saturated rings. The summed E-state index contributed by atoms with van der Waals surface area (Å²) in [5.74, 6) is 0.0336. The molecule has 26 heavy (non-hydrogen) atoms. The predicted molar refractivity (Wildman–Crippen MR) is 105 cm³/mol. The molecule has 1 aliphatic heterocycles. The molecule has 0 atom stereocenters. The zero-order chi connectivity index (χ0) is 18.5. The molecule has 3 rings (SSSR count). The van der Waals surface area contributed by atoms with E-state index in [4.69, 9.17) is 21.7 Å². The summed E-state index contributed by atoms with van der Waals surface area (Å²) >= 11 is 6.21. The maximum absolute atomic E-state index is 11.8. The summed E-state index contributed by atoms with van der Waals surface area (Å²) in [4.78, 5) is 24.1. The predicted octanol–water partition coefficient (Wildman–Crippen LogP) is 3.54. The Morgan fingerprint density at radius 3 is 2.77 bits per heavy atom. The Bertz CT molecular complexity index is 908. The minimum absolute atomic E-state index is 0.196. The average molecular weight is 385 g/mol. The molecule has 0 spiro atoms. The average Bonchev–Trinajstić information content (AvgIpc) is 2.97. The highest BCUT2D eigenvalue weighted by Gasteiger charge is 2.21. The SMILES string of the molecule is COC(=O)c1ccccc1COc1cccc(C=C2SC(=S)NC2=O)c1. The summed E-state index contributed by atoms with van der Waals surface area (Å²) in [7, 11) is 1.35. The van der Waals surface area contributed by atoms with Crippen LogP contribution in [0.1, 0.15) is 21.5 Å². The van der Waals surface area contributed by atoms with E-state index in [1.165, 1.54) is 18.9 Å². The summed E-state index contributed by atoms with van der Waals surface area (Å²) in [5, 5.41) is 2.58. The molecule has 2 aromatic rings. The van der Waals surface area contributed by atoms with Crippen molar-refractivity contribution in [2.24, 2.45) is 0 Å². The second kappa shape index (κ2) is 8.16. The maximum Gasteiger partial charge on any atom is 0.338 e. The first-order chi connectivity index (χ1) is 12.6. The molecule has 1 saturated heterocycles. The van der Waals surface area contributed by atoms with Crippen LogP contribution in [0, 0.1) is 0 Å². The van der Waals surface area contributed by atoms with Crippen molar-refractivity contribution in [1.82, 2.24) is 5.32 Å². The van der Waals surface area contributed by atoms with Crippen molar-refractivity contribution < 1.29 is 19.1 Å². The van der Waals surface area contributed by atoms with Gasteiger partial charge >= 0.3 is 5.97 Å². The number of carbonyl (C=O) groups excluding carboxylic acids is 2. The first-order valence-corrected chi connectivity index (χ1v) is 8.93. The number of ether oxygens (including phenoxy) is 2. The van der Waals surface area contributed by atoms with Gasteiger partial charge in [0.2, 0.25) is 0 Å². The Morgan fingerprint density at radius 2 is 2.04 bits per heavy atom. The summed E-state index contributed by atoms with van der Waals surface area (Å²) < 4.78 is 11.1. The van der Waals surface area contributed by atoms with Crippen molar-refractivity contribution in [2.45, 2.75) is 6.61 Å². The zero-order valence-electron chi connectivity index (χ0n) is 13.9. The van der Waals surface area contributed by atoms with Crippen molar-refractivity contribution in [2.75, 3.05) is 7.11 Å². The second-order valence-corrected chi connectivity index (χ2v) is 7.08. The number of esters is 1. The van der Waals surface area contributed by atoms with E-state index in [1.54, 1.807) is 18.2 Å². The summed E-state index contributed by atoms with van der Waals surface area (Å²) in [6.45, 7) is 0.227. The fraction of sp³-hybridized carbons (Fsp3) is 0.105. The van der Waals surface area contributed by atoms with Crippen LogP contribution in [-0.4, -0.2) is 23.3 Å². The molecule has 0 aromatic heterocycles. The lowest BCUT2D eigenvalue weighted by molar-refractivity contribution is -0.115. The van der Waals surface area contributed by atoms with E-state index in [-0.39, 0.29) is 12.5 Å². The maximum atomic E-state index is 11.8. The van der Waals surface area contributed by atoms with Gasteiger partial charge in [0.1, 0.15) is 16.7 Å². The molecule has 0 unspecified atom stereocenters. The van der Waals surface area contributed by atoms with E-state index >= 15 is 0 Å². The molecule has 0 bridgehead atoms. The van der Waals surface area contributed by atoms with Gasteiger partial charge in [-0.05, 0) is 29.8 Å². The van der Waals surface area contributed by atoms with E-state index < -0.39 is 5.97 Å². The monoisotopic (exact) mass is 385 g/mol. The van der Waals surface area contributed by atoms with E-state index in [0.29, 0.717) is 20.5 Å². The molecule has 0 aliphatic carbocycles. The standard InChI is InChI=1S/C19H15NO4S2/c1-23-18(22)15-8-3-2-6-13(15)11-24-14-7-4-5-12(9-14)10-16-17(21)20-19(25)26-16/h2-10H,11H2,1H3,(H,20,21,25). The van der Waals surface area contributed by atoms with Gasteiger partial charge in [0.05, 0.1) is 17.6 Å². The van der Waals surface area contributed by atoms with Gasteiger partial charge in [0, 0.05) is 5.56 Å². The van der Waals surface area contributed by atoms with Crippen molar-refractivity contribution in [3.05, 3.63) is 70.1 Å². The number of nitrogens with one attached hydrogen (secondary N) is 1. The number of hydrogen-bond acceptors (Lipinski definition) is 6. The van der Waals surface area contributed by atoms with Crippen LogP contribution in [0.5, 0.6) is 5.75 Å². The Morgan fingerprint density at radius 1 is 1.23 bits per heavy atom. The second-order valence-electron chi connectivity index (χ2n) is 5.36. The third kappa shape index (κ3) is 4.30. The van der Waals surface area contributed by atoms with Crippen molar-refractivity contribution in [3.8, 4) is 5.75 Å². The van der Waals surface area contributed by atoms with E-state index in [2.05, 4.69) is 5.32 Å². The molecule has 0 radical (unpaired) electrons. The number of carbonyl (C=O) groups is 2. The zero-order valence-corrected chi connectivity index (χ0v) is 15.5. The van der Waals surface area contributed by atoms with Crippen LogP contribution in [-0.2, 0) is 16.1 Å². The lowest BCUT2D eigenvalue weighted by Gasteiger charge is -2.10. The molecule has 132 valence electrons. The topological polar surface area (TPSA) is 64.6 Å². The number of hydrogen-bond donors (Lipinski definition) is 1. The van der Waals surface area contributed by atoms with Gasteiger partial charge in [-0.2, -0.15) is 0 Å². The summed E-state index contributed by atoms with van der Waals surface area (Å²) in [5.41, 5.74) is 2.03. The van der Waals surface area contributed by atoms with E-state index in [9.17, 15) is 9.59 Å². The highest BCUT2D eigenvalue weighted by molar-refractivity contribution is 8.26. The Balaban J connectivity index is 1.74. The first kappa shape index (κ1) is 18.2. The molecular formula is C19H15NO4S2. The van der Waals surface area contributed by atoms with Gasteiger partial charge in [-0.1, -0.05) is 54.3 Å². The van der Waals surface area contributed by atoms with E-state index in [1.807, 2.05) is 36.4 Å².